The summed E-state index contributed by atoms with van der Waals surface area (Å²) in [5.41, 5.74) is 1.22. The van der Waals surface area contributed by atoms with Crippen LogP contribution in [0.2, 0.25) is 0 Å². The summed E-state index contributed by atoms with van der Waals surface area (Å²) in [5.74, 6) is -0.475. The van der Waals surface area contributed by atoms with E-state index in [1.54, 1.807) is 6.92 Å². The standard InChI is InChI=1S/C13H16O2/c1-2-12(14)13(15)10-6-9-11-7-4-3-5-8-11/h3-5,7-8H,2,6,9-10H2,1H3. The molecule has 1 aromatic rings. The number of hydrogen-bond donors (Lipinski definition) is 0. The molecule has 0 saturated heterocycles. The van der Waals surface area contributed by atoms with Gasteiger partial charge in [0.1, 0.15) is 0 Å². The van der Waals surface area contributed by atoms with Gasteiger partial charge in [0, 0.05) is 12.8 Å². The van der Waals surface area contributed by atoms with Crippen LogP contribution >= 0.6 is 0 Å². The molecule has 80 valence electrons. The lowest BCUT2D eigenvalue weighted by molar-refractivity contribution is -0.136. The molecule has 0 heterocycles. The van der Waals surface area contributed by atoms with E-state index in [1.165, 1.54) is 5.56 Å². The molecule has 1 aromatic carbocycles. The maximum atomic E-state index is 11.2. The summed E-state index contributed by atoms with van der Waals surface area (Å²) >= 11 is 0. The normalized spacial score (nSPS) is 9.93. The lowest BCUT2D eigenvalue weighted by atomic mass is 10.0. The molecule has 0 fully saturated rings. The van der Waals surface area contributed by atoms with Crippen LogP contribution in [0.4, 0.5) is 0 Å². The first-order valence-corrected chi connectivity index (χ1v) is 5.34. The number of aryl methyl sites for hydroxylation is 1. The van der Waals surface area contributed by atoms with Crippen molar-refractivity contribution in [2.45, 2.75) is 32.6 Å². The molecule has 0 aliphatic rings. The summed E-state index contributed by atoms with van der Waals surface area (Å²) < 4.78 is 0. The SMILES string of the molecule is CCC(=O)C(=O)CCCc1ccccc1. The van der Waals surface area contributed by atoms with E-state index in [1.807, 2.05) is 30.3 Å². The Morgan fingerprint density at radius 2 is 1.73 bits per heavy atom. The number of rotatable bonds is 6. The van der Waals surface area contributed by atoms with Crippen molar-refractivity contribution in [2.75, 3.05) is 0 Å². The van der Waals surface area contributed by atoms with Crippen molar-refractivity contribution in [1.29, 1.82) is 0 Å². The Morgan fingerprint density at radius 3 is 2.33 bits per heavy atom. The van der Waals surface area contributed by atoms with Crippen LogP contribution in [-0.4, -0.2) is 11.6 Å². The first-order chi connectivity index (χ1) is 7.24. The zero-order chi connectivity index (χ0) is 11.1. The Morgan fingerprint density at radius 1 is 1.07 bits per heavy atom. The van der Waals surface area contributed by atoms with Crippen LogP contribution in [0.15, 0.2) is 30.3 Å². The van der Waals surface area contributed by atoms with Gasteiger partial charge < -0.3 is 0 Å². The van der Waals surface area contributed by atoms with Crippen LogP contribution in [0.5, 0.6) is 0 Å². The number of hydrogen-bond acceptors (Lipinski definition) is 2. The van der Waals surface area contributed by atoms with E-state index in [-0.39, 0.29) is 11.6 Å². The lowest BCUT2D eigenvalue weighted by Gasteiger charge is -1.99. The summed E-state index contributed by atoms with van der Waals surface area (Å²) in [6.07, 6.45) is 2.32. The fraction of sp³-hybridized carbons (Fsp3) is 0.385. The summed E-state index contributed by atoms with van der Waals surface area (Å²) in [5, 5.41) is 0. The molecule has 0 radical (unpaired) electrons. The number of carbonyl (C=O) groups is 2. The molecule has 0 bridgehead atoms. The second-order valence-corrected chi connectivity index (χ2v) is 3.54. The van der Waals surface area contributed by atoms with Gasteiger partial charge >= 0.3 is 0 Å². The van der Waals surface area contributed by atoms with Crippen LogP contribution in [0, 0.1) is 0 Å². The largest absolute Gasteiger partial charge is 0.291 e. The van der Waals surface area contributed by atoms with E-state index in [9.17, 15) is 9.59 Å². The van der Waals surface area contributed by atoms with Crippen molar-refractivity contribution in [3.63, 3.8) is 0 Å². The number of benzene rings is 1. The minimum atomic E-state index is -0.247. The smallest absolute Gasteiger partial charge is 0.198 e. The topological polar surface area (TPSA) is 34.1 Å². The van der Waals surface area contributed by atoms with Gasteiger partial charge in [0.25, 0.3) is 0 Å². The highest BCUT2D eigenvalue weighted by Crippen LogP contribution is 2.05. The van der Waals surface area contributed by atoms with Gasteiger partial charge in [0.15, 0.2) is 11.6 Å². The zero-order valence-electron chi connectivity index (χ0n) is 9.03. The predicted molar refractivity (Wildman–Crippen MR) is 59.7 cm³/mol. The monoisotopic (exact) mass is 204 g/mol. The van der Waals surface area contributed by atoms with Crippen LogP contribution < -0.4 is 0 Å². The van der Waals surface area contributed by atoms with Crippen molar-refractivity contribution in [3.8, 4) is 0 Å². The average molecular weight is 204 g/mol. The van der Waals surface area contributed by atoms with Crippen LogP contribution in [0.1, 0.15) is 31.7 Å². The molecule has 0 saturated carbocycles. The lowest BCUT2D eigenvalue weighted by Crippen LogP contribution is -2.12. The van der Waals surface area contributed by atoms with Crippen LogP contribution in [0.25, 0.3) is 0 Å². The van der Waals surface area contributed by atoms with Crippen molar-refractivity contribution >= 4 is 11.6 Å². The Hall–Kier alpha value is -1.44. The van der Waals surface area contributed by atoms with Gasteiger partial charge in [-0.3, -0.25) is 9.59 Å². The Balaban J connectivity index is 2.28. The molecule has 1 rings (SSSR count). The molecule has 0 amide bonds. The van der Waals surface area contributed by atoms with E-state index in [0.717, 1.165) is 12.8 Å². The van der Waals surface area contributed by atoms with Crippen molar-refractivity contribution < 1.29 is 9.59 Å². The molecule has 0 spiro atoms. The minimum absolute atomic E-state index is 0.228. The molecular weight excluding hydrogens is 188 g/mol. The van der Waals surface area contributed by atoms with Crippen molar-refractivity contribution in [1.82, 2.24) is 0 Å². The quantitative estimate of drug-likeness (QED) is 0.667. The molecule has 0 aliphatic carbocycles. The van der Waals surface area contributed by atoms with Crippen molar-refractivity contribution in [3.05, 3.63) is 35.9 Å². The van der Waals surface area contributed by atoms with E-state index in [0.29, 0.717) is 12.8 Å². The molecule has 0 aliphatic heterocycles. The molecule has 0 atom stereocenters. The molecular formula is C13H16O2. The molecule has 2 heteroatoms. The van der Waals surface area contributed by atoms with E-state index < -0.39 is 0 Å². The number of carbonyl (C=O) groups excluding carboxylic acids is 2. The van der Waals surface area contributed by atoms with E-state index >= 15 is 0 Å². The van der Waals surface area contributed by atoms with Crippen LogP contribution in [-0.2, 0) is 16.0 Å². The minimum Gasteiger partial charge on any atom is -0.291 e. The molecule has 0 N–H and O–H groups in total. The third-order valence-electron chi connectivity index (χ3n) is 2.34. The summed E-state index contributed by atoms with van der Waals surface area (Å²) in [6, 6.07) is 10.00. The maximum absolute atomic E-state index is 11.2. The second kappa shape index (κ2) is 6.12. The zero-order valence-corrected chi connectivity index (χ0v) is 9.03. The van der Waals surface area contributed by atoms with Gasteiger partial charge in [0.05, 0.1) is 0 Å². The predicted octanol–water partition coefficient (Wildman–Crippen LogP) is 2.56. The molecule has 15 heavy (non-hydrogen) atoms. The number of Topliss-reactive ketones (excluding diaryl/α,β-unsaturated/α-hetero) is 2. The highest BCUT2D eigenvalue weighted by molar-refractivity contribution is 6.37. The maximum Gasteiger partial charge on any atom is 0.198 e. The molecule has 0 aromatic heterocycles. The first-order valence-electron chi connectivity index (χ1n) is 5.34. The van der Waals surface area contributed by atoms with Gasteiger partial charge in [-0.25, -0.2) is 0 Å². The Bertz CT molecular complexity index is 328. The van der Waals surface area contributed by atoms with Gasteiger partial charge in [-0.05, 0) is 18.4 Å². The van der Waals surface area contributed by atoms with Gasteiger partial charge in [0.2, 0.25) is 0 Å². The average Bonchev–Trinajstić information content (AvgIpc) is 2.29. The Labute approximate surface area is 90.3 Å². The van der Waals surface area contributed by atoms with E-state index in [4.69, 9.17) is 0 Å². The van der Waals surface area contributed by atoms with E-state index in [2.05, 4.69) is 0 Å². The third kappa shape index (κ3) is 4.07. The highest BCUT2D eigenvalue weighted by Gasteiger charge is 2.09. The summed E-state index contributed by atoms with van der Waals surface area (Å²) in [6.45, 7) is 1.72. The second-order valence-electron chi connectivity index (χ2n) is 3.54. The molecule has 2 nitrogen and oxygen atoms in total. The Kier molecular flexibility index (Phi) is 4.75. The van der Waals surface area contributed by atoms with Gasteiger partial charge in [-0.1, -0.05) is 37.3 Å². The van der Waals surface area contributed by atoms with Crippen LogP contribution in [0.3, 0.4) is 0 Å². The van der Waals surface area contributed by atoms with Gasteiger partial charge in [-0.15, -0.1) is 0 Å². The van der Waals surface area contributed by atoms with Gasteiger partial charge in [-0.2, -0.15) is 0 Å². The third-order valence-corrected chi connectivity index (χ3v) is 2.34. The molecule has 0 unspecified atom stereocenters. The number of ketones is 2. The first kappa shape index (κ1) is 11.6. The highest BCUT2D eigenvalue weighted by atomic mass is 16.2. The summed E-state index contributed by atoms with van der Waals surface area (Å²) in [4.78, 5) is 22.2. The fourth-order valence-electron chi connectivity index (χ4n) is 1.43. The summed E-state index contributed by atoms with van der Waals surface area (Å²) in [7, 11) is 0. The van der Waals surface area contributed by atoms with Crippen molar-refractivity contribution in [2.24, 2.45) is 0 Å². The fourth-order valence-corrected chi connectivity index (χ4v) is 1.43.